The highest BCUT2D eigenvalue weighted by atomic mass is 16.4. The first-order chi connectivity index (χ1) is 14.6. The van der Waals surface area contributed by atoms with Crippen LogP contribution in [0.3, 0.4) is 0 Å². The van der Waals surface area contributed by atoms with Crippen LogP contribution < -0.4 is 33.2 Å². The van der Waals surface area contributed by atoms with Gasteiger partial charge in [0.2, 0.25) is 23.6 Å². The lowest BCUT2D eigenvalue weighted by Gasteiger charge is -2.24. The fourth-order valence-corrected chi connectivity index (χ4v) is 2.41. The zero-order chi connectivity index (χ0) is 24.0. The van der Waals surface area contributed by atoms with Crippen molar-refractivity contribution in [3.63, 3.8) is 0 Å². The van der Waals surface area contributed by atoms with Crippen molar-refractivity contribution in [2.24, 2.45) is 17.2 Å². The van der Waals surface area contributed by atoms with Crippen LogP contribution in [0.1, 0.15) is 32.1 Å². The number of aliphatic carboxylic acids is 1. The fourth-order valence-electron chi connectivity index (χ4n) is 2.41. The number of aliphatic hydroxyl groups excluding tert-OH is 2. The van der Waals surface area contributed by atoms with Gasteiger partial charge in [-0.1, -0.05) is 0 Å². The van der Waals surface area contributed by atoms with E-state index in [0.717, 1.165) is 0 Å². The molecule has 4 atom stereocenters. The predicted molar refractivity (Wildman–Crippen MR) is 107 cm³/mol. The number of primary amides is 1. The van der Waals surface area contributed by atoms with Crippen LogP contribution in [0.15, 0.2) is 0 Å². The zero-order valence-electron chi connectivity index (χ0n) is 17.1. The highest BCUT2D eigenvalue weighted by Crippen LogP contribution is 2.05. The van der Waals surface area contributed by atoms with Crippen molar-refractivity contribution in [2.75, 3.05) is 19.8 Å². The maximum absolute atomic E-state index is 12.7. The molecule has 4 amide bonds. The first-order valence-electron chi connectivity index (χ1n) is 9.66. The van der Waals surface area contributed by atoms with Gasteiger partial charge >= 0.3 is 5.97 Å². The minimum absolute atomic E-state index is 0.144. The first kappa shape index (κ1) is 28.2. The number of nitrogens with two attached hydrogens (primary N) is 3. The molecule has 0 fully saturated rings. The quantitative estimate of drug-likeness (QED) is 0.102. The summed E-state index contributed by atoms with van der Waals surface area (Å²) >= 11 is 0. The Hall–Kier alpha value is -2.81. The second-order valence-corrected chi connectivity index (χ2v) is 6.78. The van der Waals surface area contributed by atoms with Crippen molar-refractivity contribution in [2.45, 2.75) is 56.3 Å². The molecule has 0 aromatic carbocycles. The third kappa shape index (κ3) is 11.2. The summed E-state index contributed by atoms with van der Waals surface area (Å²) in [5, 5.41) is 33.8. The number of amides is 4. The molecular formula is C17H32N6O8. The Labute approximate surface area is 178 Å². The average molecular weight is 448 g/mol. The van der Waals surface area contributed by atoms with Crippen LogP contribution in [0.5, 0.6) is 0 Å². The molecule has 0 aromatic heterocycles. The normalized spacial score (nSPS) is 14.6. The summed E-state index contributed by atoms with van der Waals surface area (Å²) in [6.07, 6.45) is 0.603. The molecule has 0 rings (SSSR count). The van der Waals surface area contributed by atoms with Crippen LogP contribution in [0.4, 0.5) is 0 Å². The third-order valence-electron chi connectivity index (χ3n) is 4.22. The summed E-state index contributed by atoms with van der Waals surface area (Å²) in [7, 11) is 0. The number of unbranched alkanes of at least 4 members (excludes halogenated alkanes) is 1. The number of nitrogens with one attached hydrogen (secondary N) is 3. The Kier molecular flexibility index (Phi) is 13.7. The third-order valence-corrected chi connectivity index (χ3v) is 4.22. The first-order valence-corrected chi connectivity index (χ1v) is 9.66. The summed E-state index contributed by atoms with van der Waals surface area (Å²) in [5.74, 6) is -4.81. The molecule has 0 aliphatic rings. The number of carbonyl (C=O) groups is 5. The second kappa shape index (κ2) is 15.1. The monoisotopic (exact) mass is 448 g/mol. The molecule has 0 spiro atoms. The van der Waals surface area contributed by atoms with Gasteiger partial charge in [0.05, 0.1) is 13.2 Å². The largest absolute Gasteiger partial charge is 0.480 e. The van der Waals surface area contributed by atoms with Gasteiger partial charge in [-0.05, 0) is 32.2 Å². The molecule has 0 saturated heterocycles. The van der Waals surface area contributed by atoms with E-state index in [4.69, 9.17) is 32.5 Å². The molecule has 12 N–H and O–H groups in total. The lowest BCUT2D eigenvalue weighted by atomic mass is 10.1. The van der Waals surface area contributed by atoms with Gasteiger partial charge in [0, 0.05) is 6.42 Å². The van der Waals surface area contributed by atoms with Crippen molar-refractivity contribution < 1.29 is 39.3 Å². The molecule has 0 aromatic rings. The smallest absolute Gasteiger partial charge is 0.328 e. The Morgan fingerprint density at radius 1 is 0.774 bits per heavy atom. The van der Waals surface area contributed by atoms with E-state index in [1.165, 1.54) is 0 Å². The van der Waals surface area contributed by atoms with Gasteiger partial charge in [-0.2, -0.15) is 0 Å². The predicted octanol–water partition coefficient (Wildman–Crippen LogP) is -4.77. The molecule has 0 aliphatic carbocycles. The van der Waals surface area contributed by atoms with Crippen LogP contribution in [-0.2, 0) is 24.0 Å². The van der Waals surface area contributed by atoms with Crippen LogP contribution in [-0.4, -0.2) is 88.8 Å². The van der Waals surface area contributed by atoms with Gasteiger partial charge in [-0.25, -0.2) is 4.79 Å². The van der Waals surface area contributed by atoms with Crippen molar-refractivity contribution in [1.29, 1.82) is 0 Å². The van der Waals surface area contributed by atoms with Gasteiger partial charge in [0.25, 0.3) is 0 Å². The zero-order valence-corrected chi connectivity index (χ0v) is 17.1. The SMILES string of the molecule is NCCCCC(NC(=O)C(N)CO)C(=O)NC(CCC(N)=O)C(=O)NC(CO)C(=O)O. The number of rotatable bonds is 16. The number of aliphatic hydroxyl groups is 2. The van der Waals surface area contributed by atoms with Gasteiger partial charge in [-0.15, -0.1) is 0 Å². The molecule has 178 valence electrons. The van der Waals surface area contributed by atoms with Gasteiger partial charge in [0.1, 0.15) is 24.2 Å². The summed E-state index contributed by atoms with van der Waals surface area (Å²) in [4.78, 5) is 59.2. The molecule has 0 bridgehead atoms. The molecule has 31 heavy (non-hydrogen) atoms. The fraction of sp³-hybridized carbons (Fsp3) is 0.706. The van der Waals surface area contributed by atoms with Crippen LogP contribution in [0.25, 0.3) is 0 Å². The van der Waals surface area contributed by atoms with Crippen molar-refractivity contribution in [3.8, 4) is 0 Å². The maximum Gasteiger partial charge on any atom is 0.328 e. The van der Waals surface area contributed by atoms with E-state index in [-0.39, 0.29) is 19.3 Å². The van der Waals surface area contributed by atoms with Crippen molar-refractivity contribution in [1.82, 2.24) is 16.0 Å². The average Bonchev–Trinajstić information content (AvgIpc) is 2.72. The topological polar surface area (TPSA) is 260 Å². The highest BCUT2D eigenvalue weighted by molar-refractivity contribution is 5.94. The summed E-state index contributed by atoms with van der Waals surface area (Å²) in [6, 6.07) is -5.38. The molecule has 14 heteroatoms. The van der Waals surface area contributed by atoms with E-state index in [1.54, 1.807) is 0 Å². The summed E-state index contributed by atoms with van der Waals surface area (Å²) < 4.78 is 0. The lowest BCUT2D eigenvalue weighted by molar-refractivity contribution is -0.143. The number of hydrogen-bond acceptors (Lipinski definition) is 9. The van der Waals surface area contributed by atoms with Gasteiger partial charge < -0.3 is 48.5 Å². The minimum atomic E-state index is -1.62. The van der Waals surface area contributed by atoms with E-state index in [1.807, 2.05) is 5.32 Å². The van der Waals surface area contributed by atoms with E-state index < -0.39 is 67.0 Å². The standard InChI is InChI=1S/C17H32N6O8/c18-6-2-1-3-10(21-14(27)9(19)7-24)15(28)22-11(4-5-13(20)26)16(29)23-12(8-25)17(30)31/h9-12,24-25H,1-8,18-19H2,(H2,20,26)(H,21,27)(H,22,28)(H,23,29)(H,30,31). The van der Waals surface area contributed by atoms with Crippen LogP contribution in [0, 0.1) is 0 Å². The second-order valence-electron chi connectivity index (χ2n) is 6.78. The maximum atomic E-state index is 12.7. The van der Waals surface area contributed by atoms with E-state index in [2.05, 4.69) is 10.6 Å². The number of carbonyl (C=O) groups excluding carboxylic acids is 4. The number of hydrogen-bond donors (Lipinski definition) is 9. The summed E-state index contributed by atoms with van der Waals surface area (Å²) in [5.41, 5.74) is 15.9. The molecule has 0 aliphatic heterocycles. The number of carboxylic acids is 1. The van der Waals surface area contributed by atoms with Crippen LogP contribution in [0.2, 0.25) is 0 Å². The molecular weight excluding hydrogens is 416 g/mol. The highest BCUT2D eigenvalue weighted by Gasteiger charge is 2.30. The van der Waals surface area contributed by atoms with Crippen molar-refractivity contribution in [3.05, 3.63) is 0 Å². The van der Waals surface area contributed by atoms with Crippen molar-refractivity contribution >= 4 is 29.6 Å². The summed E-state index contributed by atoms with van der Waals surface area (Å²) in [6.45, 7) is -1.20. The van der Waals surface area contributed by atoms with E-state index >= 15 is 0 Å². The molecule has 4 unspecified atom stereocenters. The number of carboxylic acid groups (broad SMARTS) is 1. The Balaban J connectivity index is 5.41. The Morgan fingerprint density at radius 3 is 1.74 bits per heavy atom. The molecule has 0 saturated carbocycles. The molecule has 14 nitrogen and oxygen atoms in total. The van der Waals surface area contributed by atoms with E-state index in [0.29, 0.717) is 19.4 Å². The van der Waals surface area contributed by atoms with Crippen LogP contribution >= 0.6 is 0 Å². The Bertz CT molecular complexity index is 632. The molecule has 0 radical (unpaired) electrons. The van der Waals surface area contributed by atoms with Gasteiger partial charge in [-0.3, -0.25) is 19.2 Å². The van der Waals surface area contributed by atoms with Gasteiger partial charge in [0.15, 0.2) is 0 Å². The lowest BCUT2D eigenvalue weighted by Crippen LogP contribution is -2.57. The van der Waals surface area contributed by atoms with E-state index in [9.17, 15) is 24.0 Å². The Morgan fingerprint density at radius 2 is 1.29 bits per heavy atom. The molecule has 0 heterocycles. The minimum Gasteiger partial charge on any atom is -0.480 e.